The first-order chi connectivity index (χ1) is 3.73. The Labute approximate surface area is 76.1 Å². The molecule has 10 heavy (non-hydrogen) atoms. The molecule has 0 aromatic rings. The third-order valence-electron chi connectivity index (χ3n) is 0. The van der Waals surface area contributed by atoms with Crippen molar-refractivity contribution in [3.05, 3.63) is 10.1 Å². The molecular weight excluding hydrogens is 358 g/mol. The van der Waals surface area contributed by atoms with E-state index in [9.17, 15) is 0 Å². The molecule has 0 atom stereocenters. The van der Waals surface area contributed by atoms with Crippen LogP contribution in [0.3, 0.4) is 0 Å². The Balaban J connectivity index is -0.0000000910. The van der Waals surface area contributed by atoms with E-state index < -0.39 is 14.1 Å². The number of nitrogens with zero attached hydrogens (tertiary/aromatic N) is 1. The molecule has 4 N–H and O–H groups in total. The molecule has 0 heterocycles. The van der Waals surface area contributed by atoms with E-state index >= 15 is 0 Å². The van der Waals surface area contributed by atoms with Gasteiger partial charge in [-0.05, 0) is 0 Å². The molecule has 0 bridgehead atoms. The maximum Gasteiger partial charge on any atom is 1.00 e. The van der Waals surface area contributed by atoms with Crippen LogP contribution < -0.4 is 4.80 Å². The summed E-state index contributed by atoms with van der Waals surface area (Å²) in [6, 6.07) is 0. The fourth-order valence-corrected chi connectivity index (χ4v) is 0. The second-order valence-corrected chi connectivity index (χ2v) is 1.96. The summed E-state index contributed by atoms with van der Waals surface area (Å²) >= 11 is 0. The smallest absolute Gasteiger partial charge is 0.794 e. The predicted molar refractivity (Wildman–Crippen MR) is 26.9 cm³/mol. The van der Waals surface area contributed by atoms with Crippen LogP contribution in [0, 0.1) is 10.1 Å². The molecule has 0 amide bonds. The van der Waals surface area contributed by atoms with Gasteiger partial charge in [-0.2, -0.15) is 0 Å². The number of hydrogen-bond donors (Lipinski definition) is 4. The van der Waals surface area contributed by atoms with E-state index in [0.29, 0.717) is 0 Å². The summed E-state index contributed by atoms with van der Waals surface area (Å²) in [5, 5.41) is 13.6. The van der Waals surface area contributed by atoms with Gasteiger partial charge in [0, 0.05) is 0 Å². The zero-order valence-electron chi connectivity index (χ0n) is 4.54. The molecule has 0 aliphatic rings. The van der Waals surface area contributed by atoms with E-state index in [1.54, 1.807) is 0 Å². The van der Waals surface area contributed by atoms with Crippen LogP contribution >= 0.6 is 0 Å². The SMILES string of the molecule is O=[N+]([O-])O.[O-][Si](O)(O)O.[Tl+]. The minimum absolute atomic E-state index is 0. The molecule has 0 aliphatic carbocycles. The Hall–Kier alpha value is 0.179. The molecule has 10 heteroatoms. The molecule has 0 unspecified atom stereocenters. The molecule has 0 fully saturated rings. The monoisotopic (exact) mass is 363 g/mol. The van der Waals surface area contributed by atoms with E-state index in [1.807, 2.05) is 0 Å². The number of hydrogen-bond acceptors (Lipinski definition) is 6. The van der Waals surface area contributed by atoms with Gasteiger partial charge in [-0.1, -0.05) is 0 Å². The van der Waals surface area contributed by atoms with Gasteiger partial charge in [0.2, 0.25) is 0 Å². The van der Waals surface area contributed by atoms with Gasteiger partial charge in [-0.15, -0.1) is 10.1 Å². The third-order valence-corrected chi connectivity index (χ3v) is 0. The van der Waals surface area contributed by atoms with E-state index in [0.717, 1.165) is 0 Å². The zero-order valence-corrected chi connectivity index (χ0v) is 10.0. The van der Waals surface area contributed by atoms with Crippen LogP contribution in [-0.4, -0.2) is 61.0 Å². The average Bonchev–Trinajstić information content (AvgIpc) is 1.19. The van der Waals surface area contributed by atoms with Gasteiger partial charge >= 0.3 is 36.3 Å². The van der Waals surface area contributed by atoms with Crippen LogP contribution in [0.5, 0.6) is 0 Å². The van der Waals surface area contributed by atoms with Crippen molar-refractivity contribution in [2.75, 3.05) is 0 Å². The van der Waals surface area contributed by atoms with Crippen molar-refractivity contribution in [3.8, 4) is 0 Å². The minimum Gasteiger partial charge on any atom is -0.794 e. The quantitative estimate of drug-likeness (QED) is 0.195. The molecule has 0 saturated heterocycles. The van der Waals surface area contributed by atoms with Crippen LogP contribution in [0.15, 0.2) is 0 Å². The summed E-state index contributed by atoms with van der Waals surface area (Å²) in [5.74, 6) is 0. The van der Waals surface area contributed by atoms with Crippen molar-refractivity contribution in [1.82, 2.24) is 0 Å². The molecular formula is H4NO7SiTl. The number of rotatable bonds is 0. The average molecular weight is 363 g/mol. The molecule has 58 valence electrons. The molecule has 0 aliphatic heterocycles. The standard InChI is InChI=1S/HNO3.H3O4Si.Tl/c2-1(3)4;1-5(2,3)4;/h(H,2,3,4);1-3H;/q;-1;+1. The van der Waals surface area contributed by atoms with Crippen LogP contribution in [-0.2, 0) is 0 Å². The summed E-state index contributed by atoms with van der Waals surface area (Å²) in [5.41, 5.74) is 0. The molecule has 0 spiro atoms. The van der Waals surface area contributed by atoms with E-state index in [1.165, 1.54) is 0 Å². The van der Waals surface area contributed by atoms with Crippen LogP contribution in [0.4, 0.5) is 0 Å². The van der Waals surface area contributed by atoms with Gasteiger partial charge in [0.15, 0.2) is 0 Å². The van der Waals surface area contributed by atoms with Gasteiger partial charge in [-0.25, -0.2) is 0 Å². The summed E-state index contributed by atoms with van der Waals surface area (Å²) in [6.45, 7) is 0. The van der Waals surface area contributed by atoms with Crippen molar-refractivity contribution >= 4 is 36.3 Å². The first kappa shape index (κ1) is 16.6. The fraction of sp³-hybridized carbons (Fsp3) is 0. The van der Waals surface area contributed by atoms with Gasteiger partial charge in [-0.3, -0.25) is 0 Å². The zero-order chi connectivity index (χ0) is 8.08. The maximum absolute atomic E-state index is 8.91. The summed E-state index contributed by atoms with van der Waals surface area (Å²) in [4.78, 5) is 38.9. The largest absolute Gasteiger partial charge is 1.00 e. The van der Waals surface area contributed by atoms with Crippen molar-refractivity contribution in [1.29, 1.82) is 0 Å². The minimum atomic E-state index is -4.86. The van der Waals surface area contributed by atoms with Crippen LogP contribution in [0.25, 0.3) is 0 Å². The third kappa shape index (κ3) is 13200. The second-order valence-electron chi connectivity index (χ2n) is 0.812. The van der Waals surface area contributed by atoms with Crippen molar-refractivity contribution in [2.24, 2.45) is 0 Å². The predicted octanol–water partition coefficient (Wildman–Crippen LogP) is -3.97. The second kappa shape index (κ2) is 7.29. The van der Waals surface area contributed by atoms with Crippen LogP contribution in [0.1, 0.15) is 0 Å². The molecule has 0 aromatic heterocycles. The van der Waals surface area contributed by atoms with Gasteiger partial charge in [0.05, 0.1) is 0 Å². The summed E-state index contributed by atoms with van der Waals surface area (Å²) in [7, 11) is -4.86. The molecule has 0 rings (SSSR count). The van der Waals surface area contributed by atoms with E-state index in [2.05, 4.69) is 0 Å². The van der Waals surface area contributed by atoms with Crippen molar-refractivity contribution in [3.63, 3.8) is 0 Å². The van der Waals surface area contributed by atoms with Gasteiger partial charge in [0.25, 0.3) is 5.09 Å². The Morgan fingerprint density at radius 2 is 1.30 bits per heavy atom. The van der Waals surface area contributed by atoms with Crippen molar-refractivity contribution < 1.29 is 29.5 Å². The summed E-state index contributed by atoms with van der Waals surface area (Å²) < 4.78 is 0. The van der Waals surface area contributed by atoms with E-state index in [4.69, 9.17) is 34.5 Å². The Bertz CT molecular complexity index is 76.1. The Morgan fingerprint density at radius 1 is 1.30 bits per heavy atom. The Kier molecular flexibility index (Phi) is 12.1. The maximum atomic E-state index is 8.91. The normalized spacial score (nSPS) is 8.40. The first-order valence-corrected chi connectivity index (χ1v) is 3.19. The van der Waals surface area contributed by atoms with Gasteiger partial charge < -0.3 is 24.4 Å². The van der Waals surface area contributed by atoms with Crippen LogP contribution in [0.2, 0.25) is 0 Å². The first-order valence-electron chi connectivity index (χ1n) is 1.44. The molecule has 8 nitrogen and oxygen atoms in total. The fourth-order valence-electron chi connectivity index (χ4n) is 0. The molecule has 0 radical (unpaired) electrons. The topological polar surface area (TPSA) is 147 Å². The van der Waals surface area contributed by atoms with Gasteiger partial charge in [0.1, 0.15) is 0 Å². The Morgan fingerprint density at radius 3 is 1.30 bits per heavy atom. The molecule has 0 aromatic carbocycles. The van der Waals surface area contributed by atoms with E-state index in [-0.39, 0.29) is 27.3 Å². The molecule has 0 saturated carbocycles. The van der Waals surface area contributed by atoms with Crippen molar-refractivity contribution in [2.45, 2.75) is 0 Å². The summed E-state index contributed by atoms with van der Waals surface area (Å²) in [6.07, 6.45) is 0.